The van der Waals surface area contributed by atoms with Crippen molar-refractivity contribution in [1.29, 1.82) is 0 Å². The standard InChI is InChI=1S/C16H21N3O3/c1-10-7-6-8-19-12(11(2)17-14(10)19)9-13(20)18-16(3,4)15(21)22-5/h6-8H,9H2,1-5H3,(H,18,20). The van der Waals surface area contributed by atoms with Crippen LogP contribution in [-0.4, -0.2) is 33.9 Å². The lowest BCUT2D eigenvalue weighted by Crippen LogP contribution is -2.50. The van der Waals surface area contributed by atoms with Crippen LogP contribution < -0.4 is 5.32 Å². The van der Waals surface area contributed by atoms with Gasteiger partial charge in [0.2, 0.25) is 5.91 Å². The van der Waals surface area contributed by atoms with E-state index in [1.54, 1.807) is 13.8 Å². The summed E-state index contributed by atoms with van der Waals surface area (Å²) in [7, 11) is 1.30. The molecule has 2 aromatic heterocycles. The number of methoxy groups -OCH3 is 1. The number of ether oxygens (including phenoxy) is 1. The van der Waals surface area contributed by atoms with Crippen LogP contribution in [0.15, 0.2) is 18.3 Å². The first-order valence-electron chi connectivity index (χ1n) is 7.09. The number of nitrogens with one attached hydrogen (secondary N) is 1. The molecular weight excluding hydrogens is 282 g/mol. The number of aryl methyl sites for hydroxylation is 2. The summed E-state index contributed by atoms with van der Waals surface area (Å²) in [5, 5.41) is 2.70. The van der Waals surface area contributed by atoms with Gasteiger partial charge in [-0.05, 0) is 39.3 Å². The van der Waals surface area contributed by atoms with Crippen LogP contribution in [0.1, 0.15) is 30.8 Å². The number of rotatable bonds is 4. The van der Waals surface area contributed by atoms with Crippen molar-refractivity contribution in [1.82, 2.24) is 14.7 Å². The predicted molar refractivity (Wildman–Crippen MR) is 82.6 cm³/mol. The van der Waals surface area contributed by atoms with Gasteiger partial charge in [0.25, 0.3) is 0 Å². The molecule has 0 unspecified atom stereocenters. The molecule has 6 heteroatoms. The van der Waals surface area contributed by atoms with Crippen LogP contribution in [0.25, 0.3) is 5.65 Å². The van der Waals surface area contributed by atoms with Crippen molar-refractivity contribution in [3.8, 4) is 0 Å². The van der Waals surface area contributed by atoms with Gasteiger partial charge in [-0.25, -0.2) is 9.78 Å². The van der Waals surface area contributed by atoms with Gasteiger partial charge in [0.1, 0.15) is 11.2 Å². The average molecular weight is 303 g/mol. The van der Waals surface area contributed by atoms with Crippen LogP contribution in [0.4, 0.5) is 0 Å². The van der Waals surface area contributed by atoms with E-state index in [-0.39, 0.29) is 12.3 Å². The largest absolute Gasteiger partial charge is 0.467 e. The summed E-state index contributed by atoms with van der Waals surface area (Å²) in [6.45, 7) is 7.08. The summed E-state index contributed by atoms with van der Waals surface area (Å²) < 4.78 is 6.60. The monoisotopic (exact) mass is 303 g/mol. The molecule has 0 fully saturated rings. The molecule has 0 spiro atoms. The lowest BCUT2D eigenvalue weighted by Gasteiger charge is -2.23. The number of imidazole rings is 1. The number of pyridine rings is 1. The van der Waals surface area contributed by atoms with Crippen molar-refractivity contribution in [2.75, 3.05) is 7.11 Å². The third-order valence-electron chi connectivity index (χ3n) is 3.62. The third kappa shape index (κ3) is 2.95. The van der Waals surface area contributed by atoms with Crippen molar-refractivity contribution in [3.05, 3.63) is 35.3 Å². The summed E-state index contributed by atoms with van der Waals surface area (Å²) in [6.07, 6.45) is 2.03. The number of nitrogens with zero attached hydrogens (tertiary/aromatic N) is 2. The minimum atomic E-state index is -1.06. The molecule has 2 heterocycles. The second kappa shape index (κ2) is 5.79. The highest BCUT2D eigenvalue weighted by atomic mass is 16.5. The molecule has 0 aliphatic carbocycles. The zero-order valence-electron chi connectivity index (χ0n) is 13.6. The van der Waals surface area contributed by atoms with Crippen LogP contribution in [-0.2, 0) is 20.7 Å². The van der Waals surface area contributed by atoms with Crippen molar-refractivity contribution in [3.63, 3.8) is 0 Å². The Morgan fingerprint density at radius 2 is 2.05 bits per heavy atom. The number of esters is 1. The lowest BCUT2D eigenvalue weighted by atomic mass is 10.1. The highest BCUT2D eigenvalue weighted by molar-refractivity contribution is 5.88. The first kappa shape index (κ1) is 16.0. The molecule has 1 amide bonds. The van der Waals surface area contributed by atoms with Gasteiger partial charge in [-0.3, -0.25) is 4.79 Å². The van der Waals surface area contributed by atoms with Gasteiger partial charge in [-0.2, -0.15) is 0 Å². The normalized spacial score (nSPS) is 11.5. The Kier molecular flexibility index (Phi) is 4.21. The Bertz CT molecular complexity index is 732. The number of carbonyl (C=O) groups is 2. The van der Waals surface area contributed by atoms with E-state index in [4.69, 9.17) is 0 Å². The molecule has 0 bridgehead atoms. The van der Waals surface area contributed by atoms with Gasteiger partial charge >= 0.3 is 5.97 Å². The van der Waals surface area contributed by atoms with Crippen LogP contribution in [0, 0.1) is 13.8 Å². The minimum Gasteiger partial charge on any atom is -0.467 e. The maximum absolute atomic E-state index is 12.3. The number of amides is 1. The fraction of sp³-hybridized carbons (Fsp3) is 0.438. The molecule has 0 radical (unpaired) electrons. The van der Waals surface area contributed by atoms with E-state index in [9.17, 15) is 9.59 Å². The topological polar surface area (TPSA) is 72.7 Å². The Hall–Kier alpha value is -2.37. The highest BCUT2D eigenvalue weighted by Gasteiger charge is 2.30. The lowest BCUT2D eigenvalue weighted by molar-refractivity contribution is -0.149. The zero-order chi connectivity index (χ0) is 16.5. The quantitative estimate of drug-likeness (QED) is 0.870. The Morgan fingerprint density at radius 1 is 1.36 bits per heavy atom. The molecule has 6 nitrogen and oxygen atoms in total. The number of carbonyl (C=O) groups excluding carboxylic acids is 2. The van der Waals surface area contributed by atoms with Crippen molar-refractivity contribution in [2.45, 2.75) is 39.7 Å². The minimum absolute atomic E-state index is 0.150. The Morgan fingerprint density at radius 3 is 2.68 bits per heavy atom. The highest BCUT2D eigenvalue weighted by Crippen LogP contribution is 2.16. The van der Waals surface area contributed by atoms with Gasteiger partial charge in [-0.1, -0.05) is 6.07 Å². The molecule has 0 aliphatic rings. The maximum atomic E-state index is 12.3. The molecule has 0 saturated carbocycles. The molecule has 0 aromatic carbocycles. The first-order chi connectivity index (χ1) is 10.3. The van der Waals surface area contributed by atoms with E-state index < -0.39 is 11.5 Å². The van der Waals surface area contributed by atoms with Gasteiger partial charge in [0, 0.05) is 6.20 Å². The van der Waals surface area contributed by atoms with Gasteiger partial charge < -0.3 is 14.5 Å². The van der Waals surface area contributed by atoms with Crippen LogP contribution in [0.3, 0.4) is 0 Å². The second-order valence-electron chi connectivity index (χ2n) is 5.87. The Labute approximate surface area is 129 Å². The SMILES string of the molecule is COC(=O)C(C)(C)NC(=O)Cc1c(C)nc2c(C)cccn12. The average Bonchev–Trinajstić information content (AvgIpc) is 2.75. The third-order valence-corrected chi connectivity index (χ3v) is 3.62. The summed E-state index contributed by atoms with van der Waals surface area (Å²) >= 11 is 0. The summed E-state index contributed by atoms with van der Waals surface area (Å²) in [5.74, 6) is -0.728. The van der Waals surface area contributed by atoms with E-state index >= 15 is 0 Å². The van der Waals surface area contributed by atoms with E-state index in [2.05, 4.69) is 15.0 Å². The summed E-state index contributed by atoms with van der Waals surface area (Å²) in [5.41, 5.74) is 2.45. The van der Waals surface area contributed by atoms with Crippen LogP contribution in [0.5, 0.6) is 0 Å². The van der Waals surface area contributed by atoms with E-state index in [1.165, 1.54) is 7.11 Å². The molecule has 118 valence electrons. The number of aromatic nitrogens is 2. The van der Waals surface area contributed by atoms with E-state index in [1.807, 2.05) is 36.6 Å². The smallest absolute Gasteiger partial charge is 0.330 e. The van der Waals surface area contributed by atoms with E-state index in [0.29, 0.717) is 0 Å². The number of fused-ring (bicyclic) bond motifs is 1. The number of hydrogen-bond donors (Lipinski definition) is 1. The van der Waals surface area contributed by atoms with Crippen LogP contribution >= 0.6 is 0 Å². The molecule has 22 heavy (non-hydrogen) atoms. The second-order valence-corrected chi connectivity index (χ2v) is 5.87. The van der Waals surface area contributed by atoms with Crippen molar-refractivity contribution < 1.29 is 14.3 Å². The predicted octanol–water partition coefficient (Wildman–Crippen LogP) is 1.56. The summed E-state index contributed by atoms with van der Waals surface area (Å²) in [6, 6.07) is 3.90. The van der Waals surface area contributed by atoms with Gasteiger partial charge in [0.15, 0.2) is 0 Å². The molecular formula is C16H21N3O3. The van der Waals surface area contributed by atoms with Crippen molar-refractivity contribution >= 4 is 17.5 Å². The molecule has 0 atom stereocenters. The molecule has 2 aromatic rings. The molecule has 0 aliphatic heterocycles. The zero-order valence-corrected chi connectivity index (χ0v) is 13.6. The fourth-order valence-corrected chi connectivity index (χ4v) is 2.43. The van der Waals surface area contributed by atoms with Gasteiger partial charge in [-0.15, -0.1) is 0 Å². The van der Waals surface area contributed by atoms with Crippen molar-refractivity contribution in [2.24, 2.45) is 0 Å². The fourth-order valence-electron chi connectivity index (χ4n) is 2.43. The first-order valence-corrected chi connectivity index (χ1v) is 7.09. The molecule has 0 saturated heterocycles. The van der Waals surface area contributed by atoms with E-state index in [0.717, 1.165) is 22.6 Å². The van der Waals surface area contributed by atoms with Gasteiger partial charge in [0.05, 0.1) is 24.9 Å². The number of hydrogen-bond acceptors (Lipinski definition) is 4. The maximum Gasteiger partial charge on any atom is 0.330 e. The summed E-state index contributed by atoms with van der Waals surface area (Å²) in [4.78, 5) is 28.4. The van der Waals surface area contributed by atoms with Crippen LogP contribution in [0.2, 0.25) is 0 Å². The molecule has 1 N–H and O–H groups in total. The molecule has 2 rings (SSSR count). The Balaban J connectivity index is 2.24.